The molecule has 1 aromatic heterocycles. The lowest BCUT2D eigenvalue weighted by atomic mass is 10.2. The number of hydrogen-bond acceptors (Lipinski definition) is 3. The van der Waals surface area contributed by atoms with Gasteiger partial charge >= 0.3 is 0 Å². The van der Waals surface area contributed by atoms with E-state index in [2.05, 4.69) is 4.98 Å². The molecule has 0 fully saturated rings. The molecule has 0 saturated carbocycles. The third kappa shape index (κ3) is 3.47. The van der Waals surface area contributed by atoms with E-state index in [4.69, 9.17) is 23.2 Å². The standard InChI is InChI=1S/C13H12Cl2N2O3S/c1-17(8-9-4-2-3-5-11(9)14)21(19,20)10-6-12(15)13(18)16-7-10/h2-7H,8H2,1H3,(H,16,18). The zero-order valence-electron chi connectivity index (χ0n) is 11.0. The van der Waals surface area contributed by atoms with E-state index in [0.29, 0.717) is 10.6 Å². The molecule has 0 bridgehead atoms. The molecule has 0 radical (unpaired) electrons. The summed E-state index contributed by atoms with van der Waals surface area (Å²) in [6.45, 7) is 0.110. The second-order valence-electron chi connectivity index (χ2n) is 4.36. The van der Waals surface area contributed by atoms with Crippen molar-refractivity contribution < 1.29 is 8.42 Å². The molecule has 0 spiro atoms. The molecule has 1 N–H and O–H groups in total. The highest BCUT2D eigenvalue weighted by atomic mass is 35.5. The molecule has 8 heteroatoms. The van der Waals surface area contributed by atoms with Crippen molar-refractivity contribution in [2.24, 2.45) is 0 Å². The van der Waals surface area contributed by atoms with Crippen LogP contribution in [-0.4, -0.2) is 24.8 Å². The highest BCUT2D eigenvalue weighted by molar-refractivity contribution is 7.89. The summed E-state index contributed by atoms with van der Waals surface area (Å²) in [4.78, 5) is 13.4. The topological polar surface area (TPSA) is 70.2 Å². The molecule has 0 atom stereocenters. The van der Waals surface area contributed by atoms with Crippen LogP contribution < -0.4 is 5.56 Å². The lowest BCUT2D eigenvalue weighted by Gasteiger charge is -2.17. The van der Waals surface area contributed by atoms with E-state index in [1.807, 2.05) is 0 Å². The number of benzene rings is 1. The van der Waals surface area contributed by atoms with Crippen LogP contribution in [0.3, 0.4) is 0 Å². The van der Waals surface area contributed by atoms with E-state index in [0.717, 1.165) is 16.6 Å². The van der Waals surface area contributed by atoms with Crippen molar-refractivity contribution in [3.63, 3.8) is 0 Å². The Morgan fingerprint density at radius 3 is 2.48 bits per heavy atom. The fraction of sp³-hybridized carbons (Fsp3) is 0.154. The molecule has 0 amide bonds. The van der Waals surface area contributed by atoms with Crippen LogP contribution in [0, 0.1) is 0 Å². The second-order valence-corrected chi connectivity index (χ2v) is 7.22. The number of aromatic amines is 1. The molecule has 5 nitrogen and oxygen atoms in total. The molecule has 112 valence electrons. The van der Waals surface area contributed by atoms with Crippen LogP contribution in [-0.2, 0) is 16.6 Å². The number of nitrogens with one attached hydrogen (secondary N) is 1. The van der Waals surface area contributed by atoms with E-state index < -0.39 is 15.6 Å². The Morgan fingerprint density at radius 2 is 1.86 bits per heavy atom. The summed E-state index contributed by atoms with van der Waals surface area (Å²) in [5, 5.41) is 0.307. The monoisotopic (exact) mass is 346 g/mol. The molecule has 0 aliphatic heterocycles. The average molecular weight is 347 g/mol. The lowest BCUT2D eigenvalue weighted by molar-refractivity contribution is 0.466. The summed E-state index contributed by atoms with van der Waals surface area (Å²) in [7, 11) is -2.34. The Kier molecular flexibility index (Phi) is 4.73. The van der Waals surface area contributed by atoms with Gasteiger partial charge < -0.3 is 4.98 Å². The van der Waals surface area contributed by atoms with Gasteiger partial charge in [0.25, 0.3) is 5.56 Å². The molecule has 0 aliphatic carbocycles. The summed E-state index contributed by atoms with van der Waals surface area (Å²) in [5.74, 6) is 0. The molecule has 0 saturated heterocycles. The zero-order valence-corrected chi connectivity index (χ0v) is 13.3. The first-order valence-electron chi connectivity index (χ1n) is 5.90. The van der Waals surface area contributed by atoms with Crippen LogP contribution in [0.5, 0.6) is 0 Å². The molecule has 0 aliphatic rings. The number of H-pyrrole nitrogens is 1. The fourth-order valence-electron chi connectivity index (χ4n) is 1.72. The number of halogens is 2. The smallest absolute Gasteiger partial charge is 0.266 e. The van der Waals surface area contributed by atoms with Crippen molar-refractivity contribution in [3.8, 4) is 0 Å². The van der Waals surface area contributed by atoms with Gasteiger partial charge in [0.05, 0.1) is 4.90 Å². The van der Waals surface area contributed by atoms with Crippen LogP contribution in [0.2, 0.25) is 10.0 Å². The van der Waals surface area contributed by atoms with Crippen LogP contribution in [0.25, 0.3) is 0 Å². The number of nitrogens with zero attached hydrogens (tertiary/aromatic N) is 1. The third-order valence-electron chi connectivity index (χ3n) is 2.89. The van der Waals surface area contributed by atoms with Gasteiger partial charge in [-0.1, -0.05) is 41.4 Å². The highest BCUT2D eigenvalue weighted by Crippen LogP contribution is 2.21. The summed E-state index contributed by atoms with van der Waals surface area (Å²) in [6.07, 6.45) is 1.12. The van der Waals surface area contributed by atoms with Gasteiger partial charge in [0, 0.05) is 24.8 Å². The number of sulfonamides is 1. The summed E-state index contributed by atoms with van der Waals surface area (Å²) in [6, 6.07) is 8.10. The first kappa shape index (κ1) is 16.0. The Labute approximate surface area is 132 Å². The quantitative estimate of drug-likeness (QED) is 0.924. The lowest BCUT2D eigenvalue weighted by Crippen LogP contribution is -2.27. The van der Waals surface area contributed by atoms with Crippen LogP contribution in [0.4, 0.5) is 0 Å². The van der Waals surface area contributed by atoms with Gasteiger partial charge in [-0.25, -0.2) is 8.42 Å². The molecule has 2 aromatic rings. The second kappa shape index (κ2) is 6.19. The summed E-state index contributed by atoms with van der Waals surface area (Å²) in [5.41, 5.74) is 0.144. The normalized spacial score (nSPS) is 11.8. The zero-order chi connectivity index (χ0) is 15.6. The average Bonchev–Trinajstić information content (AvgIpc) is 2.44. The number of aromatic nitrogens is 1. The fourth-order valence-corrected chi connectivity index (χ4v) is 3.29. The van der Waals surface area contributed by atoms with Crippen LogP contribution >= 0.6 is 23.2 Å². The van der Waals surface area contributed by atoms with Crippen molar-refractivity contribution in [3.05, 3.63) is 62.5 Å². The molecule has 0 unspecified atom stereocenters. The van der Waals surface area contributed by atoms with Crippen LogP contribution in [0.1, 0.15) is 5.56 Å². The maximum absolute atomic E-state index is 12.4. The van der Waals surface area contributed by atoms with E-state index in [-0.39, 0.29) is 16.5 Å². The SMILES string of the molecule is CN(Cc1ccccc1Cl)S(=O)(=O)c1c[nH]c(=O)c(Cl)c1. The highest BCUT2D eigenvalue weighted by Gasteiger charge is 2.22. The van der Waals surface area contributed by atoms with Crippen molar-refractivity contribution in [1.29, 1.82) is 0 Å². The van der Waals surface area contributed by atoms with Gasteiger partial charge in [0.2, 0.25) is 10.0 Å². The van der Waals surface area contributed by atoms with Crippen molar-refractivity contribution in [2.45, 2.75) is 11.4 Å². The Bertz CT molecular complexity index is 818. The van der Waals surface area contributed by atoms with E-state index >= 15 is 0 Å². The van der Waals surface area contributed by atoms with Gasteiger partial charge in [-0.3, -0.25) is 4.79 Å². The van der Waals surface area contributed by atoms with Crippen molar-refractivity contribution in [1.82, 2.24) is 9.29 Å². The Hall–Kier alpha value is -1.34. The maximum Gasteiger partial charge on any atom is 0.266 e. The number of pyridine rings is 1. The van der Waals surface area contributed by atoms with Crippen LogP contribution in [0.15, 0.2) is 46.2 Å². The van der Waals surface area contributed by atoms with E-state index in [9.17, 15) is 13.2 Å². The number of rotatable bonds is 4. The molecular formula is C13H12Cl2N2O3S. The predicted molar refractivity (Wildman–Crippen MR) is 82.2 cm³/mol. The maximum atomic E-state index is 12.4. The summed E-state index contributed by atoms with van der Waals surface area (Å²) < 4.78 is 26.0. The summed E-state index contributed by atoms with van der Waals surface area (Å²) >= 11 is 11.7. The Balaban J connectivity index is 2.33. The van der Waals surface area contributed by atoms with Gasteiger partial charge in [-0.2, -0.15) is 4.31 Å². The minimum atomic E-state index is -3.77. The first-order chi connectivity index (χ1) is 9.82. The molecule has 1 aromatic carbocycles. The largest absolute Gasteiger partial charge is 0.326 e. The molecule has 2 rings (SSSR count). The first-order valence-corrected chi connectivity index (χ1v) is 8.10. The van der Waals surface area contributed by atoms with E-state index in [1.54, 1.807) is 24.3 Å². The molecule has 1 heterocycles. The van der Waals surface area contributed by atoms with Gasteiger partial charge in [0.1, 0.15) is 5.02 Å². The van der Waals surface area contributed by atoms with E-state index in [1.165, 1.54) is 7.05 Å². The minimum Gasteiger partial charge on any atom is -0.326 e. The predicted octanol–water partition coefficient (Wildman–Crippen LogP) is 2.50. The molecular weight excluding hydrogens is 335 g/mol. The third-order valence-corrected chi connectivity index (χ3v) is 5.32. The Morgan fingerprint density at radius 1 is 1.19 bits per heavy atom. The van der Waals surface area contributed by atoms with Crippen molar-refractivity contribution in [2.75, 3.05) is 7.05 Å². The number of hydrogen-bond donors (Lipinski definition) is 1. The minimum absolute atomic E-state index is 0.0818. The van der Waals surface area contributed by atoms with Crippen molar-refractivity contribution >= 4 is 33.2 Å². The molecule has 21 heavy (non-hydrogen) atoms. The van der Waals surface area contributed by atoms with Gasteiger partial charge in [0.15, 0.2) is 0 Å². The van der Waals surface area contributed by atoms with Gasteiger partial charge in [-0.05, 0) is 17.7 Å². The van der Waals surface area contributed by atoms with Gasteiger partial charge in [-0.15, -0.1) is 0 Å².